The van der Waals surface area contributed by atoms with Crippen molar-refractivity contribution in [1.82, 2.24) is 24.4 Å². The average molecular weight is 373 g/mol. The Morgan fingerprint density at radius 1 is 1.36 bits per heavy atom. The number of nitrogens with one attached hydrogen (secondary N) is 1. The van der Waals surface area contributed by atoms with E-state index in [0.29, 0.717) is 4.70 Å². The lowest BCUT2D eigenvalue weighted by atomic mass is 9.83. The molecule has 0 amide bonds. The lowest BCUT2D eigenvalue weighted by Gasteiger charge is -2.44. The molecule has 3 fully saturated rings. The molecule has 2 unspecified atom stereocenters. The highest BCUT2D eigenvalue weighted by atomic mass is 32.1. The summed E-state index contributed by atoms with van der Waals surface area (Å²) in [5.41, 5.74) is 2.90. The highest BCUT2D eigenvalue weighted by Gasteiger charge is 2.35. The van der Waals surface area contributed by atoms with Gasteiger partial charge in [0.2, 0.25) is 0 Å². The molecule has 0 aliphatic carbocycles. The molecule has 0 spiro atoms. The topological polar surface area (TPSA) is 66.8 Å². The summed E-state index contributed by atoms with van der Waals surface area (Å²) in [7, 11) is 2.57. The average Bonchev–Trinajstić information content (AvgIpc) is 3.20. The fourth-order valence-electron chi connectivity index (χ4n) is 4.16. The zero-order chi connectivity index (χ0) is 17.1. The van der Waals surface area contributed by atoms with Crippen molar-refractivity contribution in [2.24, 2.45) is 5.92 Å². The summed E-state index contributed by atoms with van der Waals surface area (Å²) in [6, 6.07) is 2.30. The summed E-state index contributed by atoms with van der Waals surface area (Å²) in [6.07, 6.45) is 5.52. The quantitative estimate of drug-likeness (QED) is 0.702. The first-order chi connectivity index (χ1) is 12.1. The van der Waals surface area contributed by atoms with Crippen LogP contribution in [-0.4, -0.2) is 37.5 Å². The summed E-state index contributed by atoms with van der Waals surface area (Å²) in [5, 5.41) is 4.28. The largest absolute Gasteiger partial charge is 0.308 e. The molecule has 0 aromatic carbocycles. The second kappa shape index (κ2) is 5.73. The molecule has 6 heterocycles. The summed E-state index contributed by atoms with van der Waals surface area (Å²) in [5.74, 6) is 1.62. The van der Waals surface area contributed by atoms with E-state index >= 15 is 0 Å². The van der Waals surface area contributed by atoms with E-state index < -0.39 is 0 Å². The van der Waals surface area contributed by atoms with Crippen molar-refractivity contribution < 1.29 is 0 Å². The Kier molecular flexibility index (Phi) is 3.59. The number of hydrogen-bond donors (Lipinski definition) is 1. The minimum atomic E-state index is -0.0187. The number of H-pyrrole nitrogens is 1. The normalized spacial score (nSPS) is 25.8. The summed E-state index contributed by atoms with van der Waals surface area (Å²) >= 11 is 1.49. The number of piperidine rings is 3. The number of rotatable bonds is 2. The molecular formula is C17H20N5OPS. The smallest absolute Gasteiger partial charge is 0.268 e. The van der Waals surface area contributed by atoms with Crippen molar-refractivity contribution in [1.29, 1.82) is 0 Å². The molecule has 6 rings (SSSR count). The Labute approximate surface area is 151 Å². The van der Waals surface area contributed by atoms with Gasteiger partial charge < -0.3 is 4.98 Å². The number of aromatic amines is 1. The maximum Gasteiger partial charge on any atom is 0.268 e. The Bertz CT molecular complexity index is 1010. The van der Waals surface area contributed by atoms with Crippen LogP contribution in [0.25, 0.3) is 20.7 Å². The van der Waals surface area contributed by atoms with Gasteiger partial charge in [-0.05, 0) is 60.7 Å². The van der Waals surface area contributed by atoms with Crippen molar-refractivity contribution >= 4 is 30.9 Å². The Hall–Kier alpha value is -1.56. The molecule has 0 saturated carbocycles. The van der Waals surface area contributed by atoms with Gasteiger partial charge >= 0.3 is 0 Å². The van der Waals surface area contributed by atoms with E-state index in [1.165, 1.54) is 24.2 Å². The molecule has 3 aliphatic heterocycles. The van der Waals surface area contributed by atoms with Crippen molar-refractivity contribution in [3.05, 3.63) is 34.1 Å². The fraction of sp³-hybridized carbons (Fsp3) is 0.471. The van der Waals surface area contributed by atoms with Gasteiger partial charge in [-0.1, -0.05) is 0 Å². The second-order valence-electron chi connectivity index (χ2n) is 7.10. The Balaban J connectivity index is 1.59. The molecule has 3 aliphatic rings. The van der Waals surface area contributed by atoms with Gasteiger partial charge in [-0.25, -0.2) is 4.98 Å². The molecule has 2 atom stereocenters. The number of fused-ring (bicyclic) bond motifs is 4. The predicted octanol–water partition coefficient (Wildman–Crippen LogP) is 2.95. The minimum absolute atomic E-state index is 0.0187. The van der Waals surface area contributed by atoms with Crippen LogP contribution in [0, 0.1) is 12.8 Å². The van der Waals surface area contributed by atoms with Crippen LogP contribution in [0.15, 0.2) is 17.1 Å². The number of aromatic nitrogens is 4. The van der Waals surface area contributed by atoms with Crippen LogP contribution < -0.4 is 5.56 Å². The van der Waals surface area contributed by atoms with Crippen LogP contribution in [0.1, 0.15) is 36.8 Å². The SMILES string of the molecule is Cc1c(-c2cc3nc(C4CC5CCN4CC5)[nH]c(=O)c3s2)cnn1P. The third-order valence-corrected chi connectivity index (χ3v) is 7.35. The van der Waals surface area contributed by atoms with E-state index in [0.717, 1.165) is 52.9 Å². The van der Waals surface area contributed by atoms with Crippen LogP contribution in [0.3, 0.4) is 0 Å². The molecule has 8 heteroatoms. The molecule has 1 N–H and O–H groups in total. The van der Waals surface area contributed by atoms with Crippen LogP contribution in [0.5, 0.6) is 0 Å². The molecule has 130 valence electrons. The van der Waals surface area contributed by atoms with Gasteiger partial charge in [-0.15, -0.1) is 11.3 Å². The van der Waals surface area contributed by atoms with Gasteiger partial charge in [0.1, 0.15) is 10.5 Å². The molecule has 6 nitrogen and oxygen atoms in total. The summed E-state index contributed by atoms with van der Waals surface area (Å²) in [6.45, 7) is 4.27. The Morgan fingerprint density at radius 2 is 2.16 bits per heavy atom. The van der Waals surface area contributed by atoms with E-state index in [1.807, 2.05) is 19.2 Å². The highest BCUT2D eigenvalue weighted by molar-refractivity contribution is 7.22. The molecule has 25 heavy (non-hydrogen) atoms. The third kappa shape index (κ3) is 2.48. The van der Waals surface area contributed by atoms with Gasteiger partial charge in [0.05, 0.1) is 17.8 Å². The van der Waals surface area contributed by atoms with E-state index in [9.17, 15) is 4.79 Å². The number of thiophene rings is 1. The maximum absolute atomic E-state index is 12.7. The zero-order valence-corrected chi connectivity index (χ0v) is 16.0. The number of nitrogens with zero attached hydrogens (tertiary/aromatic N) is 4. The first kappa shape index (κ1) is 15.7. The van der Waals surface area contributed by atoms with Crippen molar-refractivity contribution in [2.45, 2.75) is 32.2 Å². The summed E-state index contributed by atoms with van der Waals surface area (Å²) < 4.78 is 2.47. The van der Waals surface area contributed by atoms with Gasteiger partial charge in [0.25, 0.3) is 5.56 Å². The first-order valence-electron chi connectivity index (χ1n) is 8.68. The molecule has 3 aromatic heterocycles. The van der Waals surface area contributed by atoms with Crippen LogP contribution in [-0.2, 0) is 0 Å². The standard InChI is InChI=1S/C17H20N5OPS/c1-9-11(8-18-22(9)24)14-7-12-15(25-14)17(23)20-16(19-12)13-6-10-2-4-21(13)5-3-10/h7-8,10,13H,2-6,24H2,1H3,(H,19,20,23). The lowest BCUT2D eigenvalue weighted by Crippen LogP contribution is -2.44. The van der Waals surface area contributed by atoms with Gasteiger partial charge in [-0.2, -0.15) is 5.10 Å². The van der Waals surface area contributed by atoms with E-state index in [-0.39, 0.29) is 11.6 Å². The van der Waals surface area contributed by atoms with E-state index in [2.05, 4.69) is 24.4 Å². The van der Waals surface area contributed by atoms with Crippen molar-refractivity contribution in [3.63, 3.8) is 0 Å². The highest BCUT2D eigenvalue weighted by Crippen LogP contribution is 2.40. The second-order valence-corrected chi connectivity index (χ2v) is 8.64. The zero-order valence-electron chi connectivity index (χ0n) is 14.0. The van der Waals surface area contributed by atoms with E-state index in [1.54, 1.807) is 4.45 Å². The van der Waals surface area contributed by atoms with Crippen molar-refractivity contribution in [2.75, 3.05) is 13.1 Å². The van der Waals surface area contributed by atoms with Gasteiger partial charge in [-0.3, -0.25) is 14.1 Å². The van der Waals surface area contributed by atoms with Crippen molar-refractivity contribution in [3.8, 4) is 10.4 Å². The Morgan fingerprint density at radius 3 is 2.80 bits per heavy atom. The predicted molar refractivity (Wildman–Crippen MR) is 103 cm³/mol. The summed E-state index contributed by atoms with van der Waals surface area (Å²) in [4.78, 5) is 24.1. The van der Waals surface area contributed by atoms with Crippen LogP contribution in [0.2, 0.25) is 0 Å². The number of hydrogen-bond acceptors (Lipinski definition) is 5. The molecule has 0 radical (unpaired) electrons. The fourth-order valence-corrected chi connectivity index (χ4v) is 5.42. The van der Waals surface area contributed by atoms with Crippen LogP contribution >= 0.6 is 20.7 Å². The third-order valence-electron chi connectivity index (χ3n) is 5.67. The molecule has 3 saturated heterocycles. The molecule has 2 bridgehead atoms. The maximum atomic E-state index is 12.7. The molecule has 3 aromatic rings. The van der Waals surface area contributed by atoms with Gasteiger partial charge in [0, 0.05) is 16.1 Å². The lowest BCUT2D eigenvalue weighted by molar-refractivity contribution is 0.0445. The first-order valence-corrected chi connectivity index (χ1v) is 10.0. The van der Waals surface area contributed by atoms with Gasteiger partial charge in [0.15, 0.2) is 0 Å². The minimum Gasteiger partial charge on any atom is -0.308 e. The molecular weight excluding hydrogens is 353 g/mol. The van der Waals surface area contributed by atoms with Crippen LogP contribution in [0.4, 0.5) is 0 Å². The monoisotopic (exact) mass is 373 g/mol. The van der Waals surface area contributed by atoms with E-state index in [4.69, 9.17) is 4.98 Å².